The van der Waals surface area contributed by atoms with Crippen LogP contribution >= 0.6 is 0 Å². The molecule has 0 saturated carbocycles. The van der Waals surface area contributed by atoms with Gasteiger partial charge in [0.2, 0.25) is 0 Å². The summed E-state index contributed by atoms with van der Waals surface area (Å²) in [6.07, 6.45) is 1.11. The molecule has 106 valence electrons. The van der Waals surface area contributed by atoms with Gasteiger partial charge in [0.25, 0.3) is 5.92 Å². The Morgan fingerprint density at radius 3 is 2.21 bits per heavy atom. The van der Waals surface area contributed by atoms with E-state index >= 15 is 0 Å². The summed E-state index contributed by atoms with van der Waals surface area (Å²) < 4.78 is 54.4. The molecule has 0 aliphatic rings. The second-order valence-corrected chi connectivity index (χ2v) is 7.15. The molecule has 2 nitrogen and oxygen atoms in total. The maximum absolute atomic E-state index is 13.6. The van der Waals surface area contributed by atoms with Crippen molar-refractivity contribution >= 4 is 17.2 Å². The van der Waals surface area contributed by atoms with E-state index in [1.807, 2.05) is 0 Å². The van der Waals surface area contributed by atoms with Gasteiger partial charge in [0.05, 0.1) is 4.75 Å². The van der Waals surface area contributed by atoms with Crippen molar-refractivity contribution in [2.75, 3.05) is 0 Å². The molecular weight excluding hydrogens is 275 g/mol. The monoisotopic (exact) mass is 291 g/mol. The lowest BCUT2D eigenvalue weighted by atomic mass is 10.1. The highest BCUT2D eigenvalue weighted by Gasteiger charge is 2.25. The highest BCUT2D eigenvalue weighted by Crippen LogP contribution is 2.27. The van der Waals surface area contributed by atoms with Crippen LogP contribution in [-0.2, 0) is 16.9 Å². The number of benzene rings is 1. The zero-order valence-electron chi connectivity index (χ0n) is 11.2. The molecule has 0 spiro atoms. The summed E-state index contributed by atoms with van der Waals surface area (Å²) in [5.41, 5.74) is -0.371. The number of halogens is 3. The fourth-order valence-electron chi connectivity index (χ4n) is 1.17. The van der Waals surface area contributed by atoms with Crippen LogP contribution in [0.2, 0.25) is 0 Å². The minimum atomic E-state index is -3.09. The Morgan fingerprint density at radius 1 is 1.21 bits per heavy atom. The summed E-state index contributed by atoms with van der Waals surface area (Å²) in [6, 6.07) is 3.09. The Kier molecular flexibility index (Phi) is 4.55. The standard InChI is InChI=1S/C13H16F3NOS/c1-12(2,3)19(18)17-8-9-5-6-10(7-11(9)14)13(4,15)16/h5-8H,1-4H3/b17-8+. The summed E-state index contributed by atoms with van der Waals surface area (Å²) in [5.74, 6) is -3.90. The van der Waals surface area contributed by atoms with Crippen LogP contribution in [0.1, 0.15) is 38.8 Å². The molecule has 0 heterocycles. The van der Waals surface area contributed by atoms with Gasteiger partial charge < -0.3 is 0 Å². The van der Waals surface area contributed by atoms with Crippen molar-refractivity contribution in [1.29, 1.82) is 0 Å². The molecule has 1 atom stereocenters. The molecule has 0 aliphatic heterocycles. The van der Waals surface area contributed by atoms with Crippen LogP contribution in [0, 0.1) is 5.82 Å². The average molecular weight is 291 g/mol. The number of hydrogen-bond donors (Lipinski definition) is 0. The maximum atomic E-state index is 13.6. The van der Waals surface area contributed by atoms with Crippen molar-refractivity contribution in [3.63, 3.8) is 0 Å². The summed E-state index contributed by atoms with van der Waals surface area (Å²) in [6.45, 7) is 5.90. The van der Waals surface area contributed by atoms with Gasteiger partial charge >= 0.3 is 0 Å². The predicted octanol–water partition coefficient (Wildman–Crippen LogP) is 3.82. The van der Waals surface area contributed by atoms with E-state index in [2.05, 4.69) is 4.40 Å². The van der Waals surface area contributed by atoms with Crippen LogP contribution in [0.15, 0.2) is 22.6 Å². The van der Waals surface area contributed by atoms with Gasteiger partial charge in [0.15, 0.2) is 0 Å². The fourth-order valence-corrected chi connectivity index (χ4v) is 1.69. The highest BCUT2D eigenvalue weighted by atomic mass is 32.2. The molecular formula is C13H16F3NOS. The lowest BCUT2D eigenvalue weighted by Crippen LogP contribution is -2.19. The minimum absolute atomic E-state index is 0.0330. The fraction of sp³-hybridized carbons (Fsp3) is 0.462. The molecule has 0 amide bonds. The molecule has 1 aromatic rings. The lowest BCUT2D eigenvalue weighted by Gasteiger charge is -2.13. The molecule has 0 fully saturated rings. The van der Waals surface area contributed by atoms with E-state index in [0.717, 1.165) is 18.3 Å². The van der Waals surface area contributed by atoms with E-state index in [0.29, 0.717) is 6.92 Å². The number of rotatable bonds is 3. The normalized spacial score (nSPS) is 14.9. The first-order valence-corrected chi connectivity index (χ1v) is 6.76. The molecule has 1 aromatic carbocycles. The third kappa shape index (κ3) is 4.45. The van der Waals surface area contributed by atoms with Gasteiger partial charge in [-0.05, 0) is 32.9 Å². The molecule has 0 saturated heterocycles. The average Bonchev–Trinajstić information content (AvgIpc) is 2.24. The molecule has 0 N–H and O–H groups in total. The first-order valence-electron chi connectivity index (χ1n) is 5.66. The number of nitrogens with zero attached hydrogens (tertiary/aromatic N) is 1. The van der Waals surface area contributed by atoms with E-state index in [1.165, 1.54) is 6.07 Å². The van der Waals surface area contributed by atoms with Gasteiger partial charge in [-0.1, -0.05) is 6.07 Å². The Hall–Kier alpha value is -1.17. The summed E-state index contributed by atoms with van der Waals surface area (Å²) in [7, 11) is -1.51. The van der Waals surface area contributed by atoms with Gasteiger partial charge in [0, 0.05) is 24.3 Å². The molecule has 1 rings (SSSR count). The van der Waals surface area contributed by atoms with Crippen LogP contribution in [0.5, 0.6) is 0 Å². The first kappa shape index (κ1) is 15.9. The Bertz CT molecular complexity index is 516. The van der Waals surface area contributed by atoms with Crippen LogP contribution < -0.4 is 0 Å². The van der Waals surface area contributed by atoms with Crippen LogP contribution in [-0.4, -0.2) is 15.2 Å². The largest absolute Gasteiger partial charge is 0.270 e. The highest BCUT2D eigenvalue weighted by molar-refractivity contribution is 7.85. The quantitative estimate of drug-likeness (QED) is 0.778. The van der Waals surface area contributed by atoms with Gasteiger partial charge in [-0.3, -0.25) is 0 Å². The van der Waals surface area contributed by atoms with Gasteiger partial charge in [-0.2, -0.15) is 4.40 Å². The van der Waals surface area contributed by atoms with Crippen molar-refractivity contribution in [2.24, 2.45) is 4.40 Å². The summed E-state index contributed by atoms with van der Waals surface area (Å²) in [4.78, 5) is 0. The van der Waals surface area contributed by atoms with Crippen LogP contribution in [0.3, 0.4) is 0 Å². The molecule has 0 radical (unpaired) electrons. The van der Waals surface area contributed by atoms with E-state index in [4.69, 9.17) is 0 Å². The molecule has 19 heavy (non-hydrogen) atoms. The van der Waals surface area contributed by atoms with Crippen LogP contribution in [0.4, 0.5) is 13.2 Å². The van der Waals surface area contributed by atoms with Crippen molar-refractivity contribution in [1.82, 2.24) is 0 Å². The SMILES string of the molecule is CC(F)(F)c1ccc(/C=N/S(=O)C(C)(C)C)c(F)c1. The van der Waals surface area contributed by atoms with Crippen LogP contribution in [0.25, 0.3) is 0 Å². The zero-order chi connectivity index (χ0) is 14.8. The Labute approximate surface area is 113 Å². The third-order valence-electron chi connectivity index (χ3n) is 2.32. The maximum Gasteiger partial charge on any atom is 0.270 e. The number of hydrogen-bond acceptors (Lipinski definition) is 1. The van der Waals surface area contributed by atoms with Crippen molar-refractivity contribution in [3.8, 4) is 0 Å². The van der Waals surface area contributed by atoms with Gasteiger partial charge in [-0.15, -0.1) is 0 Å². The van der Waals surface area contributed by atoms with Crippen molar-refractivity contribution < 1.29 is 17.4 Å². The Morgan fingerprint density at radius 2 is 1.79 bits per heavy atom. The summed E-state index contributed by atoms with van der Waals surface area (Å²) in [5, 5.41) is 0. The lowest BCUT2D eigenvalue weighted by molar-refractivity contribution is 0.0171. The molecule has 6 heteroatoms. The second kappa shape index (κ2) is 5.45. The Balaban J connectivity index is 2.99. The van der Waals surface area contributed by atoms with E-state index in [-0.39, 0.29) is 5.56 Å². The summed E-state index contributed by atoms with van der Waals surface area (Å²) >= 11 is 0. The van der Waals surface area contributed by atoms with Gasteiger partial charge in [0.1, 0.15) is 16.8 Å². The number of alkyl halides is 2. The van der Waals surface area contributed by atoms with Gasteiger partial charge in [-0.25, -0.2) is 17.4 Å². The van der Waals surface area contributed by atoms with Crippen molar-refractivity contribution in [3.05, 3.63) is 35.1 Å². The molecule has 1 unspecified atom stereocenters. The molecule has 0 aromatic heterocycles. The van der Waals surface area contributed by atoms with E-state index in [9.17, 15) is 17.4 Å². The predicted molar refractivity (Wildman–Crippen MR) is 71.5 cm³/mol. The third-order valence-corrected chi connectivity index (χ3v) is 3.66. The van der Waals surface area contributed by atoms with E-state index < -0.39 is 33.0 Å². The molecule has 0 bridgehead atoms. The topological polar surface area (TPSA) is 29.4 Å². The van der Waals surface area contributed by atoms with Crippen molar-refractivity contribution in [2.45, 2.75) is 38.4 Å². The first-order chi connectivity index (χ1) is 8.51. The smallest absolute Gasteiger partial charge is 0.234 e. The zero-order valence-corrected chi connectivity index (χ0v) is 12.0. The van der Waals surface area contributed by atoms with E-state index in [1.54, 1.807) is 20.8 Å². The second-order valence-electron chi connectivity index (χ2n) is 5.22. The minimum Gasteiger partial charge on any atom is -0.234 e. The molecule has 0 aliphatic carbocycles.